The summed E-state index contributed by atoms with van der Waals surface area (Å²) >= 11 is 5.83. The van der Waals surface area contributed by atoms with Gasteiger partial charge >= 0.3 is 0 Å². The Bertz CT molecular complexity index is 485. The molecule has 0 fully saturated rings. The van der Waals surface area contributed by atoms with E-state index in [4.69, 9.17) is 11.6 Å². The molecular weight excluding hydrogens is 276 g/mol. The molecule has 1 aromatic rings. The van der Waals surface area contributed by atoms with Crippen molar-refractivity contribution in [2.45, 2.75) is 26.4 Å². The SMILES string of the molecule is C=CCNC(=O)C(C)N(Cc1ccc(Cl)cc1)C(C)=O. The van der Waals surface area contributed by atoms with E-state index < -0.39 is 6.04 Å². The van der Waals surface area contributed by atoms with Crippen molar-refractivity contribution in [3.05, 3.63) is 47.5 Å². The zero-order valence-corrected chi connectivity index (χ0v) is 12.5. The summed E-state index contributed by atoms with van der Waals surface area (Å²) < 4.78 is 0. The van der Waals surface area contributed by atoms with Gasteiger partial charge in [-0.3, -0.25) is 9.59 Å². The van der Waals surface area contributed by atoms with E-state index in [1.54, 1.807) is 25.1 Å². The first kappa shape index (κ1) is 16.2. The molecule has 0 aliphatic heterocycles. The van der Waals surface area contributed by atoms with Gasteiger partial charge in [0, 0.05) is 25.0 Å². The number of carbonyl (C=O) groups is 2. The molecule has 2 amide bonds. The highest BCUT2D eigenvalue weighted by Gasteiger charge is 2.23. The van der Waals surface area contributed by atoms with Crippen molar-refractivity contribution in [2.75, 3.05) is 6.54 Å². The molecule has 0 aromatic heterocycles. The van der Waals surface area contributed by atoms with E-state index in [1.165, 1.54) is 11.8 Å². The minimum atomic E-state index is -0.539. The maximum atomic E-state index is 11.9. The zero-order chi connectivity index (χ0) is 15.1. The molecule has 0 aliphatic rings. The molecule has 1 unspecified atom stereocenters. The van der Waals surface area contributed by atoms with Gasteiger partial charge in [0.25, 0.3) is 0 Å². The fourth-order valence-electron chi connectivity index (χ4n) is 1.77. The van der Waals surface area contributed by atoms with Gasteiger partial charge < -0.3 is 10.2 Å². The normalized spacial score (nSPS) is 11.6. The fourth-order valence-corrected chi connectivity index (χ4v) is 1.90. The average Bonchev–Trinajstić information content (AvgIpc) is 2.43. The Hall–Kier alpha value is -1.81. The summed E-state index contributed by atoms with van der Waals surface area (Å²) in [7, 11) is 0. The lowest BCUT2D eigenvalue weighted by Gasteiger charge is -2.27. The number of rotatable bonds is 6. The van der Waals surface area contributed by atoms with E-state index in [0.717, 1.165) is 5.56 Å². The number of nitrogens with one attached hydrogen (secondary N) is 1. The molecule has 1 N–H and O–H groups in total. The molecular formula is C15H19ClN2O2. The van der Waals surface area contributed by atoms with Crippen LogP contribution in [0, 0.1) is 0 Å². The molecule has 5 heteroatoms. The number of halogens is 1. The minimum Gasteiger partial charge on any atom is -0.351 e. The van der Waals surface area contributed by atoms with Crippen molar-refractivity contribution in [1.82, 2.24) is 10.2 Å². The van der Waals surface area contributed by atoms with Crippen LogP contribution in [0.15, 0.2) is 36.9 Å². The predicted molar refractivity (Wildman–Crippen MR) is 80.3 cm³/mol. The largest absolute Gasteiger partial charge is 0.351 e. The Labute approximate surface area is 124 Å². The molecule has 1 aromatic carbocycles. The lowest BCUT2D eigenvalue weighted by molar-refractivity contribution is -0.138. The van der Waals surface area contributed by atoms with Gasteiger partial charge in [-0.15, -0.1) is 6.58 Å². The molecule has 0 spiro atoms. The fraction of sp³-hybridized carbons (Fsp3) is 0.333. The first-order chi connectivity index (χ1) is 9.45. The highest BCUT2D eigenvalue weighted by Crippen LogP contribution is 2.13. The van der Waals surface area contributed by atoms with Crippen molar-refractivity contribution in [3.8, 4) is 0 Å². The monoisotopic (exact) mass is 294 g/mol. The van der Waals surface area contributed by atoms with E-state index in [9.17, 15) is 9.59 Å². The number of hydrogen-bond acceptors (Lipinski definition) is 2. The molecule has 0 saturated carbocycles. The average molecular weight is 295 g/mol. The molecule has 0 heterocycles. The third-order valence-electron chi connectivity index (χ3n) is 2.94. The quantitative estimate of drug-likeness (QED) is 0.819. The maximum Gasteiger partial charge on any atom is 0.242 e. The highest BCUT2D eigenvalue weighted by atomic mass is 35.5. The van der Waals surface area contributed by atoms with Gasteiger partial charge in [0.2, 0.25) is 11.8 Å². The van der Waals surface area contributed by atoms with Crippen LogP contribution in [0.5, 0.6) is 0 Å². The summed E-state index contributed by atoms with van der Waals surface area (Å²) in [5.74, 6) is -0.352. The first-order valence-corrected chi connectivity index (χ1v) is 6.73. The predicted octanol–water partition coefficient (Wildman–Crippen LogP) is 2.38. The Morgan fingerprint density at radius 2 is 2.00 bits per heavy atom. The number of amides is 2. The second-order valence-corrected chi connectivity index (χ2v) is 4.92. The van der Waals surface area contributed by atoms with Gasteiger partial charge in [0.15, 0.2) is 0 Å². The Morgan fingerprint density at radius 3 is 2.50 bits per heavy atom. The molecule has 0 bridgehead atoms. The highest BCUT2D eigenvalue weighted by molar-refractivity contribution is 6.30. The summed E-state index contributed by atoms with van der Waals surface area (Å²) in [5, 5.41) is 3.33. The molecule has 0 saturated heterocycles. The summed E-state index contributed by atoms with van der Waals surface area (Å²) in [6.07, 6.45) is 1.60. The van der Waals surface area contributed by atoms with Gasteiger partial charge in [-0.25, -0.2) is 0 Å². The van der Waals surface area contributed by atoms with Gasteiger partial charge in [-0.2, -0.15) is 0 Å². The van der Waals surface area contributed by atoms with Crippen molar-refractivity contribution in [1.29, 1.82) is 0 Å². The Morgan fingerprint density at radius 1 is 1.40 bits per heavy atom. The van der Waals surface area contributed by atoms with Crippen LogP contribution >= 0.6 is 11.6 Å². The standard InChI is InChI=1S/C15H19ClN2O2/c1-4-9-17-15(20)11(2)18(12(3)19)10-13-5-7-14(16)8-6-13/h4-8,11H,1,9-10H2,2-3H3,(H,17,20). The molecule has 1 rings (SSSR count). The smallest absolute Gasteiger partial charge is 0.242 e. The van der Waals surface area contributed by atoms with Crippen LogP contribution < -0.4 is 5.32 Å². The number of benzene rings is 1. The molecule has 20 heavy (non-hydrogen) atoms. The Kier molecular flexibility index (Phi) is 6.25. The molecule has 108 valence electrons. The van der Waals surface area contributed by atoms with Gasteiger partial charge in [0.1, 0.15) is 6.04 Å². The van der Waals surface area contributed by atoms with Crippen LogP contribution in [0.25, 0.3) is 0 Å². The second-order valence-electron chi connectivity index (χ2n) is 4.48. The van der Waals surface area contributed by atoms with Crippen molar-refractivity contribution in [3.63, 3.8) is 0 Å². The van der Waals surface area contributed by atoms with E-state index in [0.29, 0.717) is 18.1 Å². The zero-order valence-electron chi connectivity index (χ0n) is 11.7. The molecule has 4 nitrogen and oxygen atoms in total. The number of nitrogens with zero attached hydrogens (tertiary/aromatic N) is 1. The molecule has 0 aliphatic carbocycles. The Balaban J connectivity index is 2.78. The number of carbonyl (C=O) groups excluding carboxylic acids is 2. The van der Waals surface area contributed by atoms with Crippen LogP contribution in [0.1, 0.15) is 19.4 Å². The first-order valence-electron chi connectivity index (χ1n) is 6.36. The van der Waals surface area contributed by atoms with Crippen molar-refractivity contribution < 1.29 is 9.59 Å². The lowest BCUT2D eigenvalue weighted by atomic mass is 10.1. The van der Waals surface area contributed by atoms with Gasteiger partial charge in [-0.1, -0.05) is 29.8 Å². The van der Waals surface area contributed by atoms with Gasteiger partial charge in [-0.05, 0) is 24.6 Å². The van der Waals surface area contributed by atoms with Gasteiger partial charge in [0.05, 0.1) is 0 Å². The van der Waals surface area contributed by atoms with Crippen LogP contribution in [0.3, 0.4) is 0 Å². The summed E-state index contributed by atoms with van der Waals surface area (Å²) in [6.45, 7) is 7.45. The van der Waals surface area contributed by atoms with Crippen molar-refractivity contribution in [2.24, 2.45) is 0 Å². The maximum absolute atomic E-state index is 11.9. The van der Waals surface area contributed by atoms with E-state index in [1.807, 2.05) is 12.1 Å². The van der Waals surface area contributed by atoms with Crippen LogP contribution in [0.4, 0.5) is 0 Å². The third-order valence-corrected chi connectivity index (χ3v) is 3.19. The minimum absolute atomic E-state index is 0.152. The van der Waals surface area contributed by atoms with Crippen LogP contribution in [-0.2, 0) is 16.1 Å². The van der Waals surface area contributed by atoms with E-state index in [2.05, 4.69) is 11.9 Å². The summed E-state index contributed by atoms with van der Waals surface area (Å²) in [6, 6.07) is 6.66. The van der Waals surface area contributed by atoms with E-state index in [-0.39, 0.29) is 11.8 Å². The second kappa shape index (κ2) is 7.70. The molecule has 0 radical (unpaired) electrons. The molecule has 1 atom stereocenters. The van der Waals surface area contributed by atoms with Crippen LogP contribution in [0.2, 0.25) is 5.02 Å². The third kappa shape index (κ3) is 4.70. The summed E-state index contributed by atoms with van der Waals surface area (Å²) in [5.41, 5.74) is 0.924. The lowest BCUT2D eigenvalue weighted by Crippen LogP contribution is -2.46. The topological polar surface area (TPSA) is 49.4 Å². The van der Waals surface area contributed by atoms with Crippen molar-refractivity contribution >= 4 is 23.4 Å². The number of hydrogen-bond donors (Lipinski definition) is 1. The summed E-state index contributed by atoms with van der Waals surface area (Å²) in [4.78, 5) is 25.2. The van der Waals surface area contributed by atoms with Crippen LogP contribution in [-0.4, -0.2) is 29.3 Å². The van der Waals surface area contributed by atoms with E-state index >= 15 is 0 Å².